The molecule has 0 radical (unpaired) electrons. The summed E-state index contributed by atoms with van der Waals surface area (Å²) in [5, 5.41) is 3.33. The Morgan fingerprint density at radius 1 is 1.17 bits per heavy atom. The molecule has 1 aliphatic rings. The SMILES string of the molecule is Nc1cc(Cl)c(NC(=O)c2cccc(Br)c2)cc1N1CCCCC1. The standard InChI is InChI=1S/C18H19BrClN3O/c19-13-6-4-5-12(9-13)18(24)22-16-11-17(15(21)10-14(16)20)23-7-2-1-3-8-23/h4-6,9-11H,1-3,7-8,21H2,(H,22,24). The van der Waals surface area contributed by atoms with Gasteiger partial charge < -0.3 is 16.0 Å². The molecule has 0 bridgehead atoms. The number of halogens is 2. The summed E-state index contributed by atoms with van der Waals surface area (Å²) in [6.45, 7) is 1.95. The van der Waals surface area contributed by atoms with E-state index in [1.165, 1.54) is 6.42 Å². The summed E-state index contributed by atoms with van der Waals surface area (Å²) in [5.41, 5.74) is 8.86. The minimum absolute atomic E-state index is 0.201. The van der Waals surface area contributed by atoms with E-state index in [1.807, 2.05) is 18.2 Å². The Morgan fingerprint density at radius 2 is 1.92 bits per heavy atom. The van der Waals surface area contributed by atoms with Crippen molar-refractivity contribution in [2.24, 2.45) is 0 Å². The number of benzene rings is 2. The van der Waals surface area contributed by atoms with Crippen LogP contribution in [0.15, 0.2) is 40.9 Å². The summed E-state index contributed by atoms with van der Waals surface area (Å²) in [7, 11) is 0. The molecule has 1 saturated heterocycles. The molecule has 4 nitrogen and oxygen atoms in total. The maximum absolute atomic E-state index is 12.5. The van der Waals surface area contributed by atoms with E-state index in [2.05, 4.69) is 26.1 Å². The molecule has 126 valence electrons. The fourth-order valence-corrected chi connectivity index (χ4v) is 3.52. The van der Waals surface area contributed by atoms with Crippen molar-refractivity contribution in [1.29, 1.82) is 0 Å². The fourth-order valence-electron chi connectivity index (χ4n) is 2.91. The Bertz CT molecular complexity index is 760. The predicted molar refractivity (Wildman–Crippen MR) is 104 cm³/mol. The molecule has 1 amide bonds. The molecule has 0 aromatic heterocycles. The summed E-state index contributed by atoms with van der Waals surface area (Å²) >= 11 is 9.66. The lowest BCUT2D eigenvalue weighted by Gasteiger charge is -2.30. The number of hydrogen-bond acceptors (Lipinski definition) is 3. The molecular weight excluding hydrogens is 390 g/mol. The molecule has 3 rings (SSSR count). The first-order chi connectivity index (χ1) is 11.5. The van der Waals surface area contributed by atoms with Crippen LogP contribution in [0.2, 0.25) is 5.02 Å². The number of amides is 1. The second-order valence-corrected chi connectivity index (χ2v) is 7.23. The lowest BCUT2D eigenvalue weighted by atomic mass is 10.1. The van der Waals surface area contributed by atoms with Gasteiger partial charge >= 0.3 is 0 Å². The summed E-state index contributed by atoms with van der Waals surface area (Å²) in [6.07, 6.45) is 3.56. The molecule has 2 aromatic carbocycles. The monoisotopic (exact) mass is 407 g/mol. The lowest BCUT2D eigenvalue weighted by molar-refractivity contribution is 0.102. The van der Waals surface area contributed by atoms with E-state index in [0.29, 0.717) is 22.0 Å². The van der Waals surface area contributed by atoms with Crippen molar-refractivity contribution in [3.05, 3.63) is 51.5 Å². The molecule has 1 heterocycles. The Morgan fingerprint density at radius 3 is 2.62 bits per heavy atom. The Kier molecular flexibility index (Phi) is 5.31. The van der Waals surface area contributed by atoms with Gasteiger partial charge in [0.05, 0.1) is 22.1 Å². The van der Waals surface area contributed by atoms with Gasteiger partial charge in [-0.05, 0) is 49.6 Å². The van der Waals surface area contributed by atoms with Crippen LogP contribution in [0, 0.1) is 0 Å². The van der Waals surface area contributed by atoms with Crippen LogP contribution in [-0.2, 0) is 0 Å². The zero-order valence-corrected chi connectivity index (χ0v) is 15.5. The second kappa shape index (κ2) is 7.45. The third-order valence-electron chi connectivity index (χ3n) is 4.15. The minimum atomic E-state index is -0.201. The minimum Gasteiger partial charge on any atom is -0.397 e. The van der Waals surface area contributed by atoms with Crippen molar-refractivity contribution in [3.63, 3.8) is 0 Å². The van der Waals surface area contributed by atoms with Crippen molar-refractivity contribution in [1.82, 2.24) is 0 Å². The first-order valence-corrected chi connectivity index (χ1v) is 9.12. The van der Waals surface area contributed by atoms with Gasteiger partial charge in [0.1, 0.15) is 0 Å². The topological polar surface area (TPSA) is 58.4 Å². The molecule has 1 aliphatic heterocycles. The summed E-state index contributed by atoms with van der Waals surface area (Å²) < 4.78 is 0.854. The van der Waals surface area contributed by atoms with Crippen LogP contribution in [0.25, 0.3) is 0 Å². The van der Waals surface area contributed by atoms with Gasteiger partial charge in [-0.3, -0.25) is 4.79 Å². The van der Waals surface area contributed by atoms with Crippen LogP contribution in [0.1, 0.15) is 29.6 Å². The van der Waals surface area contributed by atoms with Crippen molar-refractivity contribution in [2.45, 2.75) is 19.3 Å². The molecule has 0 spiro atoms. The number of carbonyl (C=O) groups excluding carboxylic acids is 1. The van der Waals surface area contributed by atoms with Crippen LogP contribution >= 0.6 is 27.5 Å². The van der Waals surface area contributed by atoms with Crippen molar-refractivity contribution >= 4 is 50.5 Å². The smallest absolute Gasteiger partial charge is 0.255 e. The molecular formula is C18H19BrClN3O. The maximum Gasteiger partial charge on any atom is 0.255 e. The van der Waals surface area contributed by atoms with Gasteiger partial charge in [0.15, 0.2) is 0 Å². The van der Waals surface area contributed by atoms with E-state index in [-0.39, 0.29) is 5.91 Å². The number of nitrogen functional groups attached to an aromatic ring is 1. The molecule has 1 fully saturated rings. The molecule has 0 unspecified atom stereocenters. The zero-order valence-electron chi connectivity index (χ0n) is 13.2. The van der Waals surface area contributed by atoms with E-state index in [4.69, 9.17) is 17.3 Å². The van der Waals surface area contributed by atoms with Gasteiger partial charge in [-0.1, -0.05) is 33.6 Å². The fraction of sp³-hybridized carbons (Fsp3) is 0.278. The number of nitrogens with zero attached hydrogens (tertiary/aromatic N) is 1. The second-order valence-electron chi connectivity index (χ2n) is 5.90. The highest BCUT2D eigenvalue weighted by Gasteiger charge is 2.17. The van der Waals surface area contributed by atoms with E-state index in [9.17, 15) is 4.79 Å². The summed E-state index contributed by atoms with van der Waals surface area (Å²) in [6, 6.07) is 10.8. The molecule has 2 aromatic rings. The number of rotatable bonds is 3. The quantitative estimate of drug-likeness (QED) is 0.708. The molecule has 3 N–H and O–H groups in total. The number of nitrogens with two attached hydrogens (primary N) is 1. The van der Waals surface area contributed by atoms with E-state index >= 15 is 0 Å². The summed E-state index contributed by atoms with van der Waals surface area (Å²) in [5.74, 6) is -0.201. The predicted octanol–water partition coefficient (Wildman–Crippen LogP) is 4.93. The van der Waals surface area contributed by atoms with Crippen molar-refractivity contribution in [3.8, 4) is 0 Å². The third kappa shape index (κ3) is 3.84. The average Bonchev–Trinajstić information content (AvgIpc) is 2.58. The van der Waals surface area contributed by atoms with E-state index in [1.54, 1.807) is 18.2 Å². The van der Waals surface area contributed by atoms with Gasteiger partial charge in [-0.15, -0.1) is 0 Å². The first kappa shape index (κ1) is 17.1. The van der Waals surface area contributed by atoms with Gasteiger partial charge in [0.2, 0.25) is 0 Å². The number of anilines is 3. The van der Waals surface area contributed by atoms with Gasteiger partial charge in [-0.25, -0.2) is 0 Å². The van der Waals surface area contributed by atoms with Gasteiger partial charge in [-0.2, -0.15) is 0 Å². The van der Waals surface area contributed by atoms with Gasteiger partial charge in [0, 0.05) is 23.1 Å². The van der Waals surface area contributed by atoms with Crippen LogP contribution in [0.4, 0.5) is 17.1 Å². The number of piperidine rings is 1. The maximum atomic E-state index is 12.5. The Labute approximate surface area is 155 Å². The van der Waals surface area contributed by atoms with Crippen LogP contribution in [0.5, 0.6) is 0 Å². The lowest BCUT2D eigenvalue weighted by Crippen LogP contribution is -2.30. The Hall–Kier alpha value is -1.72. The molecule has 0 aliphatic carbocycles. The van der Waals surface area contributed by atoms with Crippen LogP contribution < -0.4 is 16.0 Å². The molecule has 0 atom stereocenters. The zero-order chi connectivity index (χ0) is 17.1. The highest BCUT2D eigenvalue weighted by molar-refractivity contribution is 9.10. The van der Waals surface area contributed by atoms with E-state index < -0.39 is 0 Å². The number of hydrogen-bond donors (Lipinski definition) is 2. The molecule has 6 heteroatoms. The normalized spacial score (nSPS) is 14.5. The van der Waals surface area contributed by atoms with Crippen molar-refractivity contribution < 1.29 is 4.79 Å². The highest BCUT2D eigenvalue weighted by atomic mass is 79.9. The summed E-state index contributed by atoms with van der Waals surface area (Å²) in [4.78, 5) is 14.7. The molecule has 24 heavy (non-hydrogen) atoms. The van der Waals surface area contributed by atoms with Crippen LogP contribution in [0.3, 0.4) is 0 Å². The molecule has 0 saturated carbocycles. The number of carbonyl (C=O) groups is 1. The van der Waals surface area contributed by atoms with Crippen molar-refractivity contribution in [2.75, 3.05) is 29.0 Å². The third-order valence-corrected chi connectivity index (χ3v) is 4.95. The number of nitrogens with one attached hydrogen (secondary N) is 1. The van der Waals surface area contributed by atoms with Gasteiger partial charge in [0.25, 0.3) is 5.91 Å². The van der Waals surface area contributed by atoms with Crippen LogP contribution in [-0.4, -0.2) is 19.0 Å². The largest absolute Gasteiger partial charge is 0.397 e. The highest BCUT2D eigenvalue weighted by Crippen LogP contribution is 2.35. The van der Waals surface area contributed by atoms with E-state index in [0.717, 1.165) is 36.1 Å². The first-order valence-electron chi connectivity index (χ1n) is 7.95. The average molecular weight is 409 g/mol. The Balaban J connectivity index is 1.86.